The summed E-state index contributed by atoms with van der Waals surface area (Å²) < 4.78 is 11.5. The number of hydrogen-bond acceptors (Lipinski definition) is 3. The third kappa shape index (κ3) is 3.99. The van der Waals surface area contributed by atoms with Gasteiger partial charge in [0.15, 0.2) is 0 Å². The maximum atomic E-state index is 10.9. The maximum absolute atomic E-state index is 10.9. The first kappa shape index (κ1) is 14.4. The minimum absolute atomic E-state index is 0.206. The quantitative estimate of drug-likeness (QED) is 0.819. The van der Waals surface area contributed by atoms with E-state index in [1.807, 2.05) is 30.3 Å². The van der Waals surface area contributed by atoms with Crippen LogP contribution >= 0.6 is 15.9 Å². The number of carboxylic acids is 1. The Morgan fingerprint density at radius 1 is 1.00 bits per heavy atom. The van der Waals surface area contributed by atoms with Crippen LogP contribution < -0.4 is 9.47 Å². The summed E-state index contributed by atoms with van der Waals surface area (Å²) in [6.45, 7) is 0.802. The van der Waals surface area contributed by atoms with E-state index in [2.05, 4.69) is 15.9 Å². The van der Waals surface area contributed by atoms with E-state index >= 15 is 0 Å². The van der Waals surface area contributed by atoms with E-state index < -0.39 is 5.97 Å². The minimum Gasteiger partial charge on any atom is -0.490 e. The fourth-order valence-corrected chi connectivity index (χ4v) is 2.12. The summed E-state index contributed by atoms with van der Waals surface area (Å²) in [7, 11) is 0. The predicted molar refractivity (Wildman–Crippen MR) is 78.5 cm³/mol. The molecule has 0 unspecified atom stereocenters. The highest BCUT2D eigenvalue weighted by Crippen LogP contribution is 2.23. The Bertz CT molecular complexity index is 584. The van der Waals surface area contributed by atoms with E-state index in [0.29, 0.717) is 23.4 Å². The van der Waals surface area contributed by atoms with Crippen LogP contribution in [0.15, 0.2) is 53.0 Å². The highest BCUT2D eigenvalue weighted by atomic mass is 79.9. The third-order valence-corrected chi connectivity index (χ3v) is 3.19. The van der Waals surface area contributed by atoms with Gasteiger partial charge in [-0.05, 0) is 46.3 Å². The molecule has 2 rings (SSSR count). The lowest BCUT2D eigenvalue weighted by Crippen LogP contribution is -2.09. The summed E-state index contributed by atoms with van der Waals surface area (Å²) >= 11 is 3.20. The van der Waals surface area contributed by atoms with Crippen LogP contribution in [-0.4, -0.2) is 24.3 Å². The highest BCUT2D eigenvalue weighted by Gasteiger charge is 2.08. The molecule has 0 fully saturated rings. The van der Waals surface area contributed by atoms with Gasteiger partial charge < -0.3 is 14.6 Å². The van der Waals surface area contributed by atoms with Crippen LogP contribution in [0, 0.1) is 0 Å². The molecule has 104 valence electrons. The van der Waals surface area contributed by atoms with Crippen molar-refractivity contribution in [3.05, 3.63) is 58.6 Å². The Labute approximate surface area is 125 Å². The van der Waals surface area contributed by atoms with Crippen molar-refractivity contribution in [2.75, 3.05) is 13.2 Å². The van der Waals surface area contributed by atoms with E-state index in [0.717, 1.165) is 5.75 Å². The molecule has 1 N–H and O–H groups in total. The molecule has 0 saturated carbocycles. The first-order valence-corrected chi connectivity index (χ1v) is 6.79. The number of carbonyl (C=O) groups is 1. The summed E-state index contributed by atoms with van der Waals surface area (Å²) in [4.78, 5) is 10.9. The number of hydrogen-bond donors (Lipinski definition) is 1. The molecule has 2 aromatic rings. The number of carboxylic acid groups (broad SMARTS) is 1. The third-order valence-electron chi connectivity index (χ3n) is 2.53. The molecule has 0 bridgehead atoms. The smallest absolute Gasteiger partial charge is 0.336 e. The largest absolute Gasteiger partial charge is 0.490 e. The van der Waals surface area contributed by atoms with Gasteiger partial charge in [-0.25, -0.2) is 4.79 Å². The second kappa shape index (κ2) is 6.96. The van der Waals surface area contributed by atoms with E-state index in [9.17, 15) is 4.79 Å². The highest BCUT2D eigenvalue weighted by molar-refractivity contribution is 9.10. The van der Waals surface area contributed by atoms with Crippen molar-refractivity contribution in [1.82, 2.24) is 0 Å². The first-order chi connectivity index (χ1) is 9.66. The molecule has 5 heteroatoms. The summed E-state index contributed by atoms with van der Waals surface area (Å²) in [6.07, 6.45) is 0. The Morgan fingerprint density at radius 3 is 2.25 bits per heavy atom. The number of para-hydroxylation sites is 1. The summed E-state index contributed by atoms with van der Waals surface area (Å²) in [5.41, 5.74) is 0.206. The molecule has 0 heterocycles. The molecule has 0 aliphatic heterocycles. The predicted octanol–water partition coefficient (Wildman–Crippen LogP) is 3.61. The Hall–Kier alpha value is -2.01. The van der Waals surface area contributed by atoms with Crippen molar-refractivity contribution < 1.29 is 19.4 Å². The van der Waals surface area contributed by atoms with Gasteiger partial charge in [0.05, 0.1) is 5.56 Å². The number of aromatic carboxylic acids is 1. The van der Waals surface area contributed by atoms with Crippen LogP contribution in [-0.2, 0) is 0 Å². The van der Waals surface area contributed by atoms with Crippen molar-refractivity contribution in [3.8, 4) is 11.5 Å². The van der Waals surface area contributed by atoms with Crippen molar-refractivity contribution >= 4 is 21.9 Å². The lowest BCUT2D eigenvalue weighted by Gasteiger charge is -2.09. The number of benzene rings is 2. The van der Waals surface area contributed by atoms with Gasteiger partial charge in [0, 0.05) is 4.47 Å². The number of ether oxygens (including phenoxy) is 2. The average molecular weight is 337 g/mol. The van der Waals surface area contributed by atoms with Crippen molar-refractivity contribution in [2.24, 2.45) is 0 Å². The molecule has 4 nitrogen and oxygen atoms in total. The molecule has 0 saturated heterocycles. The zero-order valence-electron chi connectivity index (χ0n) is 10.6. The van der Waals surface area contributed by atoms with Crippen LogP contribution in [0.5, 0.6) is 11.5 Å². The fourth-order valence-electron chi connectivity index (χ4n) is 1.59. The summed E-state index contributed by atoms with van der Waals surface area (Å²) in [5.74, 6) is 0.410. The SMILES string of the molecule is O=C(O)c1ccc(OCCOc2ccccc2)cc1Br. The topological polar surface area (TPSA) is 55.8 Å². The van der Waals surface area contributed by atoms with Gasteiger partial charge in [0.1, 0.15) is 24.7 Å². The molecule has 0 spiro atoms. The standard InChI is InChI=1S/C15H13BrO4/c16-14-10-12(6-7-13(14)15(17)18)20-9-8-19-11-4-2-1-3-5-11/h1-7,10H,8-9H2,(H,17,18). The van der Waals surface area contributed by atoms with Crippen LogP contribution in [0.4, 0.5) is 0 Å². The maximum Gasteiger partial charge on any atom is 0.336 e. The van der Waals surface area contributed by atoms with Gasteiger partial charge in [0.25, 0.3) is 0 Å². The molecule has 20 heavy (non-hydrogen) atoms. The molecule has 0 radical (unpaired) electrons. The fraction of sp³-hybridized carbons (Fsp3) is 0.133. The average Bonchev–Trinajstić information content (AvgIpc) is 2.44. The zero-order valence-corrected chi connectivity index (χ0v) is 12.2. The van der Waals surface area contributed by atoms with Gasteiger partial charge in [-0.1, -0.05) is 18.2 Å². The minimum atomic E-state index is -0.976. The van der Waals surface area contributed by atoms with E-state index in [4.69, 9.17) is 14.6 Å². The van der Waals surface area contributed by atoms with Gasteiger partial charge in [-0.15, -0.1) is 0 Å². The van der Waals surface area contributed by atoms with Crippen molar-refractivity contribution in [3.63, 3.8) is 0 Å². The normalized spacial score (nSPS) is 10.1. The van der Waals surface area contributed by atoms with Crippen LogP contribution in [0.2, 0.25) is 0 Å². The molecule has 0 aliphatic carbocycles. The van der Waals surface area contributed by atoms with Gasteiger partial charge in [0.2, 0.25) is 0 Å². The Kier molecular flexibility index (Phi) is 5.01. The van der Waals surface area contributed by atoms with Crippen molar-refractivity contribution in [1.29, 1.82) is 0 Å². The number of halogens is 1. The van der Waals surface area contributed by atoms with Crippen molar-refractivity contribution in [2.45, 2.75) is 0 Å². The second-order valence-corrected chi connectivity index (χ2v) is 4.81. The lowest BCUT2D eigenvalue weighted by atomic mass is 10.2. The first-order valence-electron chi connectivity index (χ1n) is 6.00. The van der Waals surface area contributed by atoms with Gasteiger partial charge in [-0.3, -0.25) is 0 Å². The zero-order chi connectivity index (χ0) is 14.4. The van der Waals surface area contributed by atoms with E-state index in [1.165, 1.54) is 6.07 Å². The van der Waals surface area contributed by atoms with Gasteiger partial charge >= 0.3 is 5.97 Å². The molecule has 0 amide bonds. The summed E-state index contributed by atoms with van der Waals surface area (Å²) in [5, 5.41) is 8.91. The number of rotatable bonds is 6. The second-order valence-electron chi connectivity index (χ2n) is 3.96. The monoisotopic (exact) mass is 336 g/mol. The Balaban J connectivity index is 1.83. The summed E-state index contributed by atoms with van der Waals surface area (Å²) in [6, 6.07) is 14.2. The molecular formula is C15H13BrO4. The molecule has 0 aliphatic rings. The molecule has 2 aromatic carbocycles. The molecule has 0 atom stereocenters. The molecule has 0 aromatic heterocycles. The van der Waals surface area contributed by atoms with Gasteiger partial charge in [-0.2, -0.15) is 0 Å². The molecular weight excluding hydrogens is 324 g/mol. The van der Waals surface area contributed by atoms with E-state index in [1.54, 1.807) is 12.1 Å². The van der Waals surface area contributed by atoms with Crippen LogP contribution in [0.1, 0.15) is 10.4 Å². The van der Waals surface area contributed by atoms with E-state index in [-0.39, 0.29) is 5.56 Å². The Morgan fingerprint density at radius 2 is 1.65 bits per heavy atom. The van der Waals surface area contributed by atoms with Crippen LogP contribution in [0.3, 0.4) is 0 Å². The van der Waals surface area contributed by atoms with Crippen LogP contribution in [0.25, 0.3) is 0 Å². The lowest BCUT2D eigenvalue weighted by molar-refractivity contribution is 0.0696.